The summed E-state index contributed by atoms with van der Waals surface area (Å²) in [5.41, 5.74) is 1.88. The Balaban J connectivity index is 1.29. The number of nitrogens with zero attached hydrogens (tertiary/aromatic N) is 4. The zero-order chi connectivity index (χ0) is 22.3. The van der Waals surface area contributed by atoms with E-state index in [0.29, 0.717) is 5.13 Å². The van der Waals surface area contributed by atoms with Crippen molar-refractivity contribution in [2.24, 2.45) is 5.92 Å². The summed E-state index contributed by atoms with van der Waals surface area (Å²) in [6.45, 7) is 2.93. The first-order valence-electron chi connectivity index (χ1n) is 11.2. The van der Waals surface area contributed by atoms with Gasteiger partial charge in [-0.25, -0.2) is 4.98 Å². The number of rotatable bonds is 9. The minimum atomic E-state index is -0.0823. The average Bonchev–Trinajstić information content (AvgIpc) is 3.44. The Kier molecular flexibility index (Phi) is 8.37. The van der Waals surface area contributed by atoms with Gasteiger partial charge in [-0.1, -0.05) is 71.9 Å². The van der Waals surface area contributed by atoms with Crippen molar-refractivity contribution in [2.45, 2.75) is 63.6 Å². The Labute approximate surface area is 205 Å². The first-order chi connectivity index (χ1) is 15.6. The van der Waals surface area contributed by atoms with Gasteiger partial charge < -0.3 is 9.88 Å². The van der Waals surface area contributed by atoms with Crippen molar-refractivity contribution >= 4 is 50.1 Å². The van der Waals surface area contributed by atoms with Crippen LogP contribution >= 0.6 is 39.0 Å². The van der Waals surface area contributed by atoms with Gasteiger partial charge >= 0.3 is 0 Å². The number of hydrogen-bond donors (Lipinski definition) is 1. The Hall–Kier alpha value is -1.71. The molecule has 1 N–H and O–H groups in total. The van der Waals surface area contributed by atoms with Crippen LogP contribution in [0.1, 0.15) is 51.3 Å². The maximum atomic E-state index is 12.5. The van der Waals surface area contributed by atoms with E-state index in [0.717, 1.165) is 45.6 Å². The smallest absolute Gasteiger partial charge is 0.236 e. The number of amides is 1. The number of hydrogen-bond acceptors (Lipinski definition) is 6. The van der Waals surface area contributed by atoms with E-state index in [1.165, 1.54) is 61.6 Å². The quantitative estimate of drug-likeness (QED) is 0.321. The van der Waals surface area contributed by atoms with Crippen LogP contribution in [0.3, 0.4) is 0 Å². The van der Waals surface area contributed by atoms with Crippen LogP contribution in [0.25, 0.3) is 11.3 Å². The van der Waals surface area contributed by atoms with Gasteiger partial charge in [0, 0.05) is 28.4 Å². The minimum absolute atomic E-state index is 0.0823. The van der Waals surface area contributed by atoms with Crippen LogP contribution < -0.4 is 5.32 Å². The van der Waals surface area contributed by atoms with Crippen LogP contribution in [0.5, 0.6) is 0 Å². The highest BCUT2D eigenvalue weighted by molar-refractivity contribution is 9.10. The van der Waals surface area contributed by atoms with Crippen molar-refractivity contribution < 1.29 is 4.79 Å². The second-order valence-corrected chi connectivity index (χ2v) is 10.8. The van der Waals surface area contributed by atoms with Crippen LogP contribution in [0.2, 0.25) is 0 Å². The number of nitrogens with one attached hydrogen (secondary N) is 1. The van der Waals surface area contributed by atoms with E-state index in [1.54, 1.807) is 0 Å². The van der Waals surface area contributed by atoms with E-state index >= 15 is 0 Å². The molecule has 0 aliphatic heterocycles. The van der Waals surface area contributed by atoms with E-state index in [1.807, 2.05) is 29.6 Å². The molecule has 0 saturated heterocycles. The largest absolute Gasteiger partial charge is 0.306 e. The molecule has 1 aliphatic rings. The van der Waals surface area contributed by atoms with Gasteiger partial charge in [-0.15, -0.1) is 21.5 Å². The van der Waals surface area contributed by atoms with E-state index in [2.05, 4.69) is 47.9 Å². The summed E-state index contributed by atoms with van der Waals surface area (Å²) < 4.78 is 3.18. The molecule has 0 bridgehead atoms. The molecule has 0 unspecified atom stereocenters. The summed E-state index contributed by atoms with van der Waals surface area (Å²) in [6, 6.07) is 7.97. The first kappa shape index (κ1) is 23.4. The third kappa shape index (κ3) is 6.20. The van der Waals surface area contributed by atoms with E-state index in [4.69, 9.17) is 0 Å². The lowest BCUT2D eigenvalue weighted by Gasteiger charge is -2.21. The van der Waals surface area contributed by atoms with Crippen LogP contribution in [0, 0.1) is 5.92 Å². The molecule has 2 aromatic heterocycles. The second-order valence-electron chi connectivity index (χ2n) is 8.07. The Morgan fingerprint density at radius 2 is 2.00 bits per heavy atom. The molecule has 1 saturated carbocycles. The molecule has 3 aromatic rings. The fourth-order valence-electron chi connectivity index (χ4n) is 4.11. The fourth-order valence-corrected chi connectivity index (χ4v) is 5.93. The van der Waals surface area contributed by atoms with Crippen LogP contribution in [-0.4, -0.2) is 31.4 Å². The Bertz CT molecular complexity index is 1030. The molecule has 1 aromatic carbocycles. The van der Waals surface area contributed by atoms with Gasteiger partial charge in [0.1, 0.15) is 5.82 Å². The van der Waals surface area contributed by atoms with Crippen LogP contribution in [0.15, 0.2) is 39.3 Å². The molecule has 0 radical (unpaired) electrons. The van der Waals surface area contributed by atoms with Gasteiger partial charge in [-0.3, -0.25) is 4.79 Å². The van der Waals surface area contributed by atoms with Gasteiger partial charge in [0.15, 0.2) is 10.3 Å². The molecule has 1 aliphatic carbocycles. The lowest BCUT2D eigenvalue weighted by molar-refractivity contribution is -0.113. The molecule has 4 rings (SSSR count). The number of carbonyl (C=O) groups excluding carboxylic acids is 1. The number of halogens is 1. The molecule has 2 heterocycles. The summed E-state index contributed by atoms with van der Waals surface area (Å²) in [5, 5.41) is 15.1. The molecule has 32 heavy (non-hydrogen) atoms. The van der Waals surface area contributed by atoms with Crippen molar-refractivity contribution in [3.8, 4) is 11.3 Å². The van der Waals surface area contributed by atoms with Gasteiger partial charge in [0.25, 0.3) is 0 Å². The molecular weight excluding hydrogens is 506 g/mol. The predicted molar refractivity (Wildman–Crippen MR) is 135 cm³/mol. The molecule has 9 heteroatoms. The van der Waals surface area contributed by atoms with Gasteiger partial charge in [-0.2, -0.15) is 0 Å². The van der Waals surface area contributed by atoms with Gasteiger partial charge in [0.05, 0.1) is 11.4 Å². The Morgan fingerprint density at radius 3 is 2.75 bits per heavy atom. The number of carbonyl (C=O) groups is 1. The van der Waals surface area contributed by atoms with Gasteiger partial charge in [0.2, 0.25) is 5.91 Å². The zero-order valence-corrected chi connectivity index (χ0v) is 21.4. The second kappa shape index (κ2) is 11.4. The summed E-state index contributed by atoms with van der Waals surface area (Å²) in [6.07, 6.45) is 8.97. The van der Waals surface area contributed by atoms with E-state index in [9.17, 15) is 4.79 Å². The summed E-state index contributed by atoms with van der Waals surface area (Å²) in [5.74, 6) is 2.07. The topological polar surface area (TPSA) is 72.7 Å². The van der Waals surface area contributed by atoms with Crippen molar-refractivity contribution in [3.63, 3.8) is 0 Å². The lowest BCUT2D eigenvalue weighted by atomic mass is 9.86. The summed E-state index contributed by atoms with van der Waals surface area (Å²) in [4.78, 5) is 17.0. The molecule has 1 fully saturated rings. The monoisotopic (exact) mass is 533 g/mol. The number of anilines is 1. The third-order valence-electron chi connectivity index (χ3n) is 5.83. The third-order valence-corrected chi connectivity index (χ3v) is 8.09. The Morgan fingerprint density at radius 1 is 1.22 bits per heavy atom. The maximum absolute atomic E-state index is 12.5. The lowest BCUT2D eigenvalue weighted by Crippen LogP contribution is -2.14. The molecule has 0 spiro atoms. The minimum Gasteiger partial charge on any atom is -0.306 e. The highest BCUT2D eigenvalue weighted by Gasteiger charge is 2.17. The average molecular weight is 535 g/mol. The molecule has 0 atom stereocenters. The van der Waals surface area contributed by atoms with Crippen molar-refractivity contribution in [3.05, 3.63) is 39.9 Å². The van der Waals surface area contributed by atoms with Crippen molar-refractivity contribution in [2.75, 3.05) is 11.1 Å². The molecule has 6 nitrogen and oxygen atoms in total. The number of thiazole rings is 1. The maximum Gasteiger partial charge on any atom is 0.236 e. The van der Waals surface area contributed by atoms with Crippen molar-refractivity contribution in [1.29, 1.82) is 0 Å². The fraction of sp³-hybridized carbons (Fsp3) is 0.478. The highest BCUT2D eigenvalue weighted by atomic mass is 79.9. The summed E-state index contributed by atoms with van der Waals surface area (Å²) in [7, 11) is 0. The predicted octanol–water partition coefficient (Wildman–Crippen LogP) is 6.43. The number of thioether (sulfide) groups is 1. The number of aryl methyl sites for hydroxylation is 1. The summed E-state index contributed by atoms with van der Waals surface area (Å²) >= 11 is 6.31. The van der Waals surface area contributed by atoms with Gasteiger partial charge in [-0.05, 0) is 31.4 Å². The highest BCUT2D eigenvalue weighted by Crippen LogP contribution is 2.29. The standard InChI is InChI=1S/C23H28BrN5OS2/c1-2-29-20(13-8-16-6-4-3-5-7-16)27-28-23(29)32-15-21(30)26-22-25-19(14-31-22)17-9-11-18(24)12-10-17/h9-12,14,16H,2-8,13,15H2,1H3,(H,25,26,30). The number of aromatic nitrogens is 4. The van der Waals surface area contributed by atoms with Crippen LogP contribution in [-0.2, 0) is 17.8 Å². The molecular formula is C23H28BrN5OS2. The van der Waals surface area contributed by atoms with Crippen molar-refractivity contribution in [1.82, 2.24) is 19.7 Å². The molecule has 170 valence electrons. The normalized spacial score (nSPS) is 14.6. The molecule has 1 amide bonds. The SMILES string of the molecule is CCn1c(CCC2CCCCC2)nnc1SCC(=O)Nc1nc(-c2ccc(Br)cc2)cs1. The van der Waals surface area contributed by atoms with E-state index < -0.39 is 0 Å². The van der Waals surface area contributed by atoms with E-state index in [-0.39, 0.29) is 11.7 Å². The first-order valence-corrected chi connectivity index (χ1v) is 13.8. The number of benzene rings is 1. The zero-order valence-electron chi connectivity index (χ0n) is 18.2. The van der Waals surface area contributed by atoms with Crippen LogP contribution in [0.4, 0.5) is 5.13 Å².